The summed E-state index contributed by atoms with van der Waals surface area (Å²) in [5.74, 6) is -1.10. The molecule has 11 heteroatoms. The van der Waals surface area contributed by atoms with Gasteiger partial charge in [-0.25, -0.2) is 4.98 Å². The molecule has 11 nitrogen and oxygen atoms in total. The van der Waals surface area contributed by atoms with Gasteiger partial charge >= 0.3 is 5.88 Å². The topological polar surface area (TPSA) is 149 Å². The van der Waals surface area contributed by atoms with Gasteiger partial charge in [0.15, 0.2) is 5.76 Å². The molecule has 0 aliphatic heterocycles. The van der Waals surface area contributed by atoms with Crippen molar-refractivity contribution in [1.82, 2.24) is 19.7 Å². The van der Waals surface area contributed by atoms with Crippen molar-refractivity contribution in [2.75, 3.05) is 5.32 Å². The molecule has 0 aromatic carbocycles. The molecule has 0 bridgehead atoms. The van der Waals surface area contributed by atoms with E-state index in [0.717, 1.165) is 6.07 Å². The van der Waals surface area contributed by atoms with Crippen molar-refractivity contribution in [1.29, 1.82) is 0 Å². The van der Waals surface area contributed by atoms with E-state index >= 15 is 0 Å². The Hall–Kier alpha value is -3.76. The van der Waals surface area contributed by atoms with E-state index < -0.39 is 16.7 Å². The van der Waals surface area contributed by atoms with Crippen molar-refractivity contribution in [2.24, 2.45) is 0 Å². The summed E-state index contributed by atoms with van der Waals surface area (Å²) < 4.78 is 6.16. The van der Waals surface area contributed by atoms with E-state index in [1.54, 1.807) is 19.9 Å². The largest absolute Gasteiger partial charge is 0.433 e. The molecule has 140 valence electrons. The molecule has 3 aromatic heterocycles. The Bertz CT molecular complexity index is 1090. The van der Waals surface area contributed by atoms with Crippen molar-refractivity contribution < 1.29 is 14.1 Å². The van der Waals surface area contributed by atoms with Gasteiger partial charge in [-0.3, -0.25) is 24.7 Å². The van der Waals surface area contributed by atoms with E-state index in [9.17, 15) is 19.7 Å². The molecule has 3 rings (SSSR count). The van der Waals surface area contributed by atoms with Gasteiger partial charge in [0.05, 0.1) is 11.8 Å². The van der Waals surface area contributed by atoms with E-state index in [2.05, 4.69) is 20.4 Å². The van der Waals surface area contributed by atoms with Crippen LogP contribution in [0.1, 0.15) is 34.4 Å². The molecular weight excluding hydrogens is 356 g/mol. The molecule has 0 saturated heterocycles. The van der Waals surface area contributed by atoms with Crippen molar-refractivity contribution in [3.63, 3.8) is 0 Å². The smallest absolute Gasteiger partial charge is 0.395 e. The number of hydrogen-bond acceptors (Lipinski definition) is 7. The highest BCUT2D eigenvalue weighted by Gasteiger charge is 2.20. The van der Waals surface area contributed by atoms with Crippen LogP contribution in [0.25, 0.3) is 5.95 Å². The number of nitro groups is 1. The van der Waals surface area contributed by atoms with Gasteiger partial charge in [-0.05, 0) is 26.3 Å². The zero-order valence-corrected chi connectivity index (χ0v) is 14.8. The lowest BCUT2D eigenvalue weighted by molar-refractivity contribution is -0.402. The van der Waals surface area contributed by atoms with E-state index in [-0.39, 0.29) is 23.1 Å². The molecule has 0 radical (unpaired) electrons. The van der Waals surface area contributed by atoms with E-state index in [1.807, 2.05) is 6.92 Å². The average molecular weight is 372 g/mol. The number of hydrogen-bond donors (Lipinski definition) is 2. The zero-order valence-electron chi connectivity index (χ0n) is 14.8. The Morgan fingerprint density at radius 2 is 2.15 bits per heavy atom. The third kappa shape index (κ3) is 3.47. The molecule has 2 N–H and O–H groups in total. The van der Waals surface area contributed by atoms with Gasteiger partial charge in [-0.15, -0.1) is 0 Å². The van der Waals surface area contributed by atoms with E-state index in [4.69, 9.17) is 4.42 Å². The van der Waals surface area contributed by atoms with E-state index in [0.29, 0.717) is 23.4 Å². The number of H-pyrrole nitrogens is 1. The van der Waals surface area contributed by atoms with Crippen LogP contribution < -0.4 is 10.9 Å². The Kier molecular flexibility index (Phi) is 4.59. The normalized spacial score (nSPS) is 10.8. The molecule has 0 unspecified atom stereocenters. The van der Waals surface area contributed by atoms with E-state index in [1.165, 1.54) is 10.7 Å². The SMILES string of the molecule is CCc1c(C)nc(-n2nc(C)cc2NC(=O)c2ccc([N+](=O)[O-])o2)[nH]c1=O. The second-order valence-electron chi connectivity index (χ2n) is 5.74. The molecule has 0 aliphatic rings. The number of rotatable bonds is 5. The summed E-state index contributed by atoms with van der Waals surface area (Å²) in [7, 11) is 0. The number of aryl methyl sites for hydroxylation is 2. The van der Waals surface area contributed by atoms with Gasteiger partial charge in [0.25, 0.3) is 11.5 Å². The van der Waals surface area contributed by atoms with Crippen LogP contribution in [-0.4, -0.2) is 30.6 Å². The lowest BCUT2D eigenvalue weighted by Gasteiger charge is -2.09. The van der Waals surface area contributed by atoms with Crippen LogP contribution in [0.15, 0.2) is 27.4 Å². The molecular formula is C16H16N6O5. The monoisotopic (exact) mass is 372 g/mol. The fourth-order valence-electron chi connectivity index (χ4n) is 2.59. The second kappa shape index (κ2) is 6.86. The summed E-state index contributed by atoms with van der Waals surface area (Å²) in [4.78, 5) is 41.4. The number of furan rings is 1. The first-order chi connectivity index (χ1) is 12.8. The number of amides is 1. The van der Waals surface area contributed by atoms with Crippen LogP contribution in [0.4, 0.5) is 11.7 Å². The number of carbonyl (C=O) groups excluding carboxylic acids is 1. The second-order valence-corrected chi connectivity index (χ2v) is 5.74. The predicted molar refractivity (Wildman–Crippen MR) is 94.1 cm³/mol. The summed E-state index contributed by atoms with van der Waals surface area (Å²) in [6.45, 7) is 5.27. The molecule has 0 atom stereocenters. The maximum absolute atomic E-state index is 12.3. The highest BCUT2D eigenvalue weighted by Crippen LogP contribution is 2.19. The first-order valence-electron chi connectivity index (χ1n) is 8.02. The first-order valence-corrected chi connectivity index (χ1v) is 8.02. The fourth-order valence-corrected chi connectivity index (χ4v) is 2.59. The molecule has 3 heterocycles. The van der Waals surface area contributed by atoms with Crippen LogP contribution in [0.3, 0.4) is 0 Å². The third-order valence-electron chi connectivity index (χ3n) is 3.83. The first kappa shape index (κ1) is 18.0. The quantitative estimate of drug-likeness (QED) is 0.513. The molecule has 0 saturated carbocycles. The molecule has 0 fully saturated rings. The minimum atomic E-state index is -0.738. The average Bonchev–Trinajstić information content (AvgIpc) is 3.21. The minimum Gasteiger partial charge on any atom is -0.395 e. The molecule has 3 aromatic rings. The molecule has 0 spiro atoms. The molecule has 1 amide bonds. The van der Waals surface area contributed by atoms with Crippen LogP contribution in [0, 0.1) is 24.0 Å². The van der Waals surface area contributed by atoms with Crippen LogP contribution in [0.5, 0.6) is 0 Å². The summed E-state index contributed by atoms with van der Waals surface area (Å²) in [6.07, 6.45) is 0.535. The number of nitrogens with one attached hydrogen (secondary N) is 2. The predicted octanol–water partition coefficient (Wildman–Crippen LogP) is 1.89. The van der Waals surface area contributed by atoms with Crippen LogP contribution >= 0.6 is 0 Å². The van der Waals surface area contributed by atoms with Gasteiger partial charge in [-0.1, -0.05) is 6.92 Å². The standard InChI is InChI=1S/C16H16N6O5/c1-4-10-9(3)17-16(19-14(10)23)21-12(7-8(2)20-21)18-15(24)11-5-6-13(27-11)22(25)26/h5-7H,4H2,1-3H3,(H,18,24)(H,17,19,23). The summed E-state index contributed by atoms with van der Waals surface area (Å²) >= 11 is 0. The Morgan fingerprint density at radius 3 is 2.74 bits per heavy atom. The highest BCUT2D eigenvalue weighted by molar-refractivity contribution is 6.02. The number of aromatic amines is 1. The summed E-state index contributed by atoms with van der Waals surface area (Å²) in [5, 5.41) is 17.5. The lowest BCUT2D eigenvalue weighted by atomic mass is 10.2. The van der Waals surface area contributed by atoms with Gasteiger partial charge in [-0.2, -0.15) is 9.78 Å². The summed E-state index contributed by atoms with van der Waals surface area (Å²) in [5.41, 5.74) is 1.40. The van der Waals surface area contributed by atoms with Gasteiger partial charge in [0.2, 0.25) is 5.95 Å². The molecule has 0 aliphatic carbocycles. The Morgan fingerprint density at radius 1 is 1.41 bits per heavy atom. The summed E-state index contributed by atoms with van der Waals surface area (Å²) in [6, 6.07) is 3.85. The maximum Gasteiger partial charge on any atom is 0.433 e. The van der Waals surface area contributed by atoms with Crippen molar-refractivity contribution in [3.05, 3.63) is 61.4 Å². The Labute approximate surface area is 152 Å². The van der Waals surface area contributed by atoms with Gasteiger partial charge in [0.1, 0.15) is 10.7 Å². The van der Waals surface area contributed by atoms with Crippen molar-refractivity contribution in [2.45, 2.75) is 27.2 Å². The minimum absolute atomic E-state index is 0.142. The highest BCUT2D eigenvalue weighted by atomic mass is 16.6. The third-order valence-corrected chi connectivity index (χ3v) is 3.83. The van der Waals surface area contributed by atoms with Crippen molar-refractivity contribution in [3.8, 4) is 5.95 Å². The lowest BCUT2D eigenvalue weighted by Crippen LogP contribution is -2.21. The fraction of sp³-hybridized carbons (Fsp3) is 0.250. The number of nitrogens with zero attached hydrogens (tertiary/aromatic N) is 4. The zero-order chi connectivity index (χ0) is 19.7. The Balaban J connectivity index is 1.96. The number of anilines is 1. The molecule has 27 heavy (non-hydrogen) atoms. The van der Waals surface area contributed by atoms with Crippen LogP contribution in [-0.2, 0) is 6.42 Å². The van der Waals surface area contributed by atoms with Gasteiger partial charge < -0.3 is 9.73 Å². The maximum atomic E-state index is 12.3. The van der Waals surface area contributed by atoms with Crippen LogP contribution in [0.2, 0.25) is 0 Å². The van der Waals surface area contributed by atoms with Gasteiger partial charge in [0, 0.05) is 17.3 Å². The number of aromatic nitrogens is 4. The number of carbonyl (C=O) groups is 1. The van der Waals surface area contributed by atoms with Crippen molar-refractivity contribution >= 4 is 17.6 Å².